The molecule has 240 valence electrons. The third-order valence-corrected chi connectivity index (χ3v) is 11.1. The van der Waals surface area contributed by atoms with E-state index in [9.17, 15) is 0 Å². The molecule has 0 amide bonds. The second-order valence-corrected chi connectivity index (χ2v) is 13.8. The first kappa shape index (κ1) is 28.2. The molecular weight excluding hydrogens is 611 g/mol. The number of hydrazine groups is 1. The Morgan fingerprint density at radius 2 is 1.12 bits per heavy atom. The lowest BCUT2D eigenvalue weighted by Gasteiger charge is -2.33. The predicted octanol–water partition coefficient (Wildman–Crippen LogP) is 10.2. The maximum absolute atomic E-state index is 3.92. The summed E-state index contributed by atoms with van der Waals surface area (Å²) in [6, 6.07) is 59.9. The van der Waals surface area contributed by atoms with Crippen molar-refractivity contribution in [3.05, 3.63) is 203 Å². The highest BCUT2D eigenvalue weighted by atomic mass is 15.9. The molecule has 2 saturated heterocycles. The van der Waals surface area contributed by atoms with Crippen LogP contribution in [-0.2, 0) is 0 Å². The number of rotatable bonds is 5. The summed E-state index contributed by atoms with van der Waals surface area (Å²) >= 11 is 0. The summed E-state index contributed by atoms with van der Waals surface area (Å²) in [4.78, 5) is 2.62. The molecule has 11 rings (SSSR count). The number of hydrogen-bond acceptors (Lipinski definition) is 4. The van der Waals surface area contributed by atoms with E-state index in [4.69, 9.17) is 0 Å². The number of nitrogens with zero attached hydrogens (tertiary/aromatic N) is 4. The van der Waals surface area contributed by atoms with Crippen molar-refractivity contribution in [3.63, 3.8) is 0 Å². The molecule has 1 N–H and O–H groups in total. The first-order valence-electron chi connectivity index (χ1n) is 17.6. The van der Waals surface area contributed by atoms with Crippen LogP contribution >= 0.6 is 0 Å². The number of aromatic nitrogens is 1. The monoisotopic (exact) mass is 645 g/mol. The Labute approximate surface area is 291 Å². The van der Waals surface area contributed by atoms with Gasteiger partial charge in [0.15, 0.2) is 0 Å². The van der Waals surface area contributed by atoms with Crippen LogP contribution < -0.4 is 10.2 Å². The Kier molecular flexibility index (Phi) is 6.13. The highest BCUT2D eigenvalue weighted by molar-refractivity contribution is 5.95. The van der Waals surface area contributed by atoms with Gasteiger partial charge in [0.2, 0.25) is 0 Å². The van der Waals surface area contributed by atoms with E-state index in [1.54, 1.807) is 0 Å². The van der Waals surface area contributed by atoms with Crippen LogP contribution in [0.5, 0.6) is 0 Å². The lowest BCUT2D eigenvalue weighted by atomic mass is 9.86. The second-order valence-electron chi connectivity index (χ2n) is 13.8. The van der Waals surface area contributed by atoms with Crippen molar-refractivity contribution in [1.82, 2.24) is 19.9 Å². The summed E-state index contributed by atoms with van der Waals surface area (Å²) in [5, 5.41) is 10.2. The van der Waals surface area contributed by atoms with E-state index in [2.05, 4.69) is 201 Å². The van der Waals surface area contributed by atoms with Gasteiger partial charge in [-0.15, -0.1) is 0 Å². The fourth-order valence-corrected chi connectivity index (χ4v) is 9.04. The van der Waals surface area contributed by atoms with E-state index in [1.165, 1.54) is 61.5 Å². The number of fused-ring (bicyclic) bond motifs is 8. The number of nitrogens with one attached hydrogen (secondary N) is 1. The van der Waals surface area contributed by atoms with Gasteiger partial charge in [0, 0.05) is 33.9 Å². The first-order valence-corrected chi connectivity index (χ1v) is 17.6. The molecule has 50 heavy (non-hydrogen) atoms. The van der Waals surface area contributed by atoms with Crippen molar-refractivity contribution in [2.75, 3.05) is 4.90 Å². The molecule has 3 aliphatic heterocycles. The van der Waals surface area contributed by atoms with Gasteiger partial charge in [-0.1, -0.05) is 140 Å². The number of benzene rings is 6. The van der Waals surface area contributed by atoms with E-state index in [-0.39, 0.29) is 30.5 Å². The van der Waals surface area contributed by atoms with Gasteiger partial charge in [-0.2, -0.15) is 10.0 Å². The Morgan fingerprint density at radius 3 is 1.86 bits per heavy atom. The number of anilines is 2. The largest absolute Gasteiger partial charge is 0.331 e. The molecule has 4 aliphatic rings. The van der Waals surface area contributed by atoms with Gasteiger partial charge < -0.3 is 9.47 Å². The molecule has 0 saturated carbocycles. The van der Waals surface area contributed by atoms with Crippen LogP contribution in [0.4, 0.5) is 11.4 Å². The number of para-hydroxylation sites is 3. The van der Waals surface area contributed by atoms with Crippen LogP contribution in [0.15, 0.2) is 170 Å². The van der Waals surface area contributed by atoms with Gasteiger partial charge >= 0.3 is 0 Å². The predicted molar refractivity (Wildman–Crippen MR) is 201 cm³/mol. The standard InChI is InChI=1S/C45H35N5/c1-4-15-30(16-5-1)43-46-44(31-17-6-2-7-18-31)50-45(49(43)50)32-19-14-22-34(29-32)48-40-26-13-11-24-36(40)38-28-27-37-35-23-10-12-25-39(35)47(41(37)42(38)48)33-20-8-3-9-21-33/h1-29,38,42-46H. The van der Waals surface area contributed by atoms with Crippen LogP contribution in [0.2, 0.25) is 0 Å². The molecule has 6 unspecified atom stereocenters. The van der Waals surface area contributed by atoms with Crippen molar-refractivity contribution in [2.24, 2.45) is 0 Å². The molecule has 0 bridgehead atoms. The molecule has 7 aromatic rings. The Hall–Kier alpha value is -5.72. The van der Waals surface area contributed by atoms with Crippen molar-refractivity contribution in [3.8, 4) is 5.69 Å². The lowest BCUT2D eigenvalue weighted by Crippen LogP contribution is -2.27. The van der Waals surface area contributed by atoms with Crippen LogP contribution in [-0.4, -0.2) is 14.6 Å². The topological polar surface area (TPSA) is 26.2 Å². The average molecular weight is 646 g/mol. The Morgan fingerprint density at radius 1 is 0.520 bits per heavy atom. The van der Waals surface area contributed by atoms with Crippen molar-refractivity contribution >= 4 is 28.4 Å². The maximum atomic E-state index is 3.92. The van der Waals surface area contributed by atoms with Crippen LogP contribution in [0, 0.1) is 0 Å². The molecule has 5 heteroatoms. The fraction of sp³-hybridized carbons (Fsp3) is 0.111. The Bertz CT molecular complexity index is 2370. The highest BCUT2D eigenvalue weighted by Gasteiger charge is 2.60. The summed E-state index contributed by atoms with van der Waals surface area (Å²) in [6.07, 6.45) is 5.18. The minimum Gasteiger partial charge on any atom is -0.331 e. The third kappa shape index (κ3) is 4.06. The molecule has 5 nitrogen and oxygen atoms in total. The molecule has 1 aromatic heterocycles. The third-order valence-electron chi connectivity index (χ3n) is 11.1. The van der Waals surface area contributed by atoms with E-state index < -0.39 is 0 Å². The normalized spacial score (nSPS) is 25.6. The number of hydrogen-bond donors (Lipinski definition) is 1. The fourth-order valence-electron chi connectivity index (χ4n) is 9.04. The van der Waals surface area contributed by atoms with E-state index in [0.29, 0.717) is 0 Å². The quantitative estimate of drug-likeness (QED) is 0.189. The average Bonchev–Trinajstić information content (AvgIpc) is 3.45. The molecule has 6 aromatic carbocycles. The summed E-state index contributed by atoms with van der Waals surface area (Å²) in [6.45, 7) is 0. The van der Waals surface area contributed by atoms with Gasteiger partial charge in [0.1, 0.15) is 18.5 Å². The van der Waals surface area contributed by atoms with Crippen LogP contribution in [0.3, 0.4) is 0 Å². The molecular formula is C45H35N5. The molecule has 2 fully saturated rings. The minimum atomic E-state index is 0.0968. The SMILES string of the molecule is C1=CC2c3ccccc3N(c3cccc(C4N5C(c6ccccc6)NC(c6ccccc6)N45)c3)C2c2c1c1ccccc1n2-c1ccccc1. The molecule has 0 spiro atoms. The molecule has 1 aliphatic carbocycles. The van der Waals surface area contributed by atoms with Gasteiger partial charge in [-0.3, -0.25) is 5.32 Å². The van der Waals surface area contributed by atoms with Gasteiger partial charge in [0.05, 0.1) is 17.3 Å². The molecule has 0 radical (unpaired) electrons. The van der Waals surface area contributed by atoms with Gasteiger partial charge in [-0.25, -0.2) is 0 Å². The summed E-state index contributed by atoms with van der Waals surface area (Å²) in [5.74, 6) is 0.232. The van der Waals surface area contributed by atoms with Crippen molar-refractivity contribution < 1.29 is 0 Å². The van der Waals surface area contributed by atoms with E-state index >= 15 is 0 Å². The summed E-state index contributed by atoms with van der Waals surface area (Å²) in [7, 11) is 0. The molecule has 6 atom stereocenters. The van der Waals surface area contributed by atoms with E-state index in [0.717, 1.165) is 0 Å². The lowest BCUT2D eigenvalue weighted by molar-refractivity contribution is 0.314. The zero-order valence-electron chi connectivity index (χ0n) is 27.4. The van der Waals surface area contributed by atoms with Crippen molar-refractivity contribution in [2.45, 2.75) is 30.5 Å². The van der Waals surface area contributed by atoms with Gasteiger partial charge in [0.25, 0.3) is 0 Å². The van der Waals surface area contributed by atoms with E-state index in [1.807, 2.05) is 0 Å². The molecule has 4 heterocycles. The van der Waals surface area contributed by atoms with Crippen molar-refractivity contribution in [1.29, 1.82) is 0 Å². The Balaban J connectivity index is 1.05. The van der Waals surface area contributed by atoms with Crippen LogP contribution in [0.25, 0.3) is 22.7 Å². The smallest absolute Gasteiger partial charge is 0.119 e. The minimum absolute atomic E-state index is 0.0968. The second kappa shape index (κ2) is 10.9. The zero-order chi connectivity index (χ0) is 32.8. The summed E-state index contributed by atoms with van der Waals surface area (Å²) in [5.41, 5.74) is 12.9. The zero-order valence-corrected chi connectivity index (χ0v) is 27.4. The highest BCUT2D eigenvalue weighted by Crippen LogP contribution is 2.60. The maximum Gasteiger partial charge on any atom is 0.119 e. The first-order chi connectivity index (χ1) is 24.8. The van der Waals surface area contributed by atoms with Crippen LogP contribution in [0.1, 0.15) is 64.0 Å². The van der Waals surface area contributed by atoms with Gasteiger partial charge in [-0.05, 0) is 58.7 Å². The summed E-state index contributed by atoms with van der Waals surface area (Å²) < 4.78 is 2.51.